The van der Waals surface area contributed by atoms with Gasteiger partial charge in [0.1, 0.15) is 5.75 Å². The number of nitrogens with zero attached hydrogens (tertiary/aromatic N) is 1. The molecular formula is C16H17NO2S. The number of methoxy groups -OCH3 is 1. The molecule has 0 fully saturated rings. The predicted molar refractivity (Wildman–Crippen MR) is 80.5 cm³/mol. The average molecular weight is 287 g/mol. The molecule has 0 aliphatic carbocycles. The molecule has 4 heteroatoms. The van der Waals surface area contributed by atoms with E-state index in [-0.39, 0.29) is 11.9 Å². The van der Waals surface area contributed by atoms with E-state index in [1.165, 1.54) is 10.4 Å². The Balaban J connectivity index is 1.88. The molecular weight excluding hydrogens is 270 g/mol. The molecule has 1 atom stereocenters. The first-order valence-corrected chi connectivity index (χ1v) is 7.60. The highest BCUT2D eigenvalue weighted by Gasteiger charge is 2.28. The molecule has 0 N–H and O–H groups in total. The minimum absolute atomic E-state index is 0.0771. The lowest BCUT2D eigenvalue weighted by atomic mass is 10.0. The zero-order chi connectivity index (χ0) is 14.1. The number of carbonyl (C=O) groups excluding carboxylic acids is 1. The second-order valence-corrected chi connectivity index (χ2v) is 5.96. The molecule has 1 aromatic heterocycles. The largest absolute Gasteiger partial charge is 0.497 e. The van der Waals surface area contributed by atoms with Crippen LogP contribution in [0.4, 0.5) is 0 Å². The summed E-state index contributed by atoms with van der Waals surface area (Å²) in [5, 5.41) is 2.11. The Morgan fingerprint density at radius 1 is 1.40 bits per heavy atom. The Labute approximate surface area is 122 Å². The topological polar surface area (TPSA) is 29.5 Å². The molecule has 2 heterocycles. The lowest BCUT2D eigenvalue weighted by molar-refractivity contribution is 0.0679. The predicted octanol–water partition coefficient (Wildman–Crippen LogP) is 3.52. The number of benzene rings is 1. The van der Waals surface area contributed by atoms with Crippen LogP contribution in [0, 0.1) is 0 Å². The van der Waals surface area contributed by atoms with Gasteiger partial charge >= 0.3 is 0 Å². The summed E-state index contributed by atoms with van der Waals surface area (Å²) in [6, 6.07) is 9.64. The normalized spacial score (nSPS) is 17.7. The van der Waals surface area contributed by atoms with Gasteiger partial charge in [0.25, 0.3) is 5.91 Å². The average Bonchev–Trinajstić information content (AvgIpc) is 2.96. The Bertz CT molecular complexity index is 635. The van der Waals surface area contributed by atoms with Crippen LogP contribution in [0.1, 0.15) is 33.8 Å². The number of hydrogen-bond acceptors (Lipinski definition) is 3. The third-order valence-corrected chi connectivity index (χ3v) is 4.85. The van der Waals surface area contributed by atoms with E-state index in [9.17, 15) is 4.79 Å². The van der Waals surface area contributed by atoms with Crippen LogP contribution >= 0.6 is 11.3 Å². The fourth-order valence-electron chi connectivity index (χ4n) is 2.71. The lowest BCUT2D eigenvalue weighted by Crippen LogP contribution is -2.38. The molecule has 0 bridgehead atoms. The van der Waals surface area contributed by atoms with Crippen LogP contribution in [-0.2, 0) is 6.42 Å². The highest BCUT2D eigenvalue weighted by atomic mass is 32.1. The molecule has 104 valence electrons. The Hall–Kier alpha value is -1.81. The van der Waals surface area contributed by atoms with Gasteiger partial charge in [-0.25, -0.2) is 0 Å². The number of carbonyl (C=O) groups is 1. The third kappa shape index (κ3) is 2.20. The van der Waals surface area contributed by atoms with Gasteiger partial charge in [0, 0.05) is 17.0 Å². The zero-order valence-electron chi connectivity index (χ0n) is 11.6. The molecule has 0 saturated carbocycles. The van der Waals surface area contributed by atoms with Crippen molar-refractivity contribution in [1.82, 2.24) is 4.90 Å². The molecule has 3 nitrogen and oxygen atoms in total. The van der Waals surface area contributed by atoms with E-state index < -0.39 is 0 Å². The summed E-state index contributed by atoms with van der Waals surface area (Å²) in [5.74, 6) is 0.796. The summed E-state index contributed by atoms with van der Waals surface area (Å²) in [5.41, 5.74) is 1.98. The van der Waals surface area contributed by atoms with Gasteiger partial charge in [0.15, 0.2) is 0 Å². The van der Waals surface area contributed by atoms with Gasteiger partial charge in [-0.1, -0.05) is 6.07 Å². The quantitative estimate of drug-likeness (QED) is 0.846. The van der Waals surface area contributed by atoms with Gasteiger partial charge < -0.3 is 9.64 Å². The molecule has 1 amide bonds. The van der Waals surface area contributed by atoms with Crippen LogP contribution in [0.25, 0.3) is 0 Å². The molecule has 1 aliphatic heterocycles. The SMILES string of the molecule is COc1cccc(C(=O)N2CCc3sccc3C2C)c1. The summed E-state index contributed by atoms with van der Waals surface area (Å²) in [4.78, 5) is 16.0. The van der Waals surface area contributed by atoms with Crippen molar-refractivity contribution < 1.29 is 9.53 Å². The van der Waals surface area contributed by atoms with Gasteiger partial charge in [-0.3, -0.25) is 4.79 Å². The number of fused-ring (bicyclic) bond motifs is 1. The standard InChI is InChI=1S/C16H17NO2S/c1-11-14-7-9-20-15(14)6-8-17(11)16(18)12-4-3-5-13(10-12)19-2/h3-5,7,9-11H,6,8H2,1-2H3. The van der Waals surface area contributed by atoms with Crippen molar-refractivity contribution in [1.29, 1.82) is 0 Å². The number of hydrogen-bond donors (Lipinski definition) is 0. The first-order valence-electron chi connectivity index (χ1n) is 6.72. The number of thiophene rings is 1. The lowest BCUT2D eigenvalue weighted by Gasteiger charge is -2.33. The Morgan fingerprint density at radius 2 is 2.25 bits per heavy atom. The number of ether oxygens (including phenoxy) is 1. The zero-order valence-corrected chi connectivity index (χ0v) is 12.4. The highest BCUT2D eigenvalue weighted by Crippen LogP contribution is 2.33. The molecule has 2 aromatic rings. The molecule has 0 spiro atoms. The van der Waals surface area contributed by atoms with Gasteiger partial charge in [0.2, 0.25) is 0 Å². The fraction of sp³-hybridized carbons (Fsp3) is 0.312. The molecule has 20 heavy (non-hydrogen) atoms. The first kappa shape index (κ1) is 13.2. The van der Waals surface area contributed by atoms with Gasteiger partial charge in [0.05, 0.1) is 13.2 Å². The van der Waals surface area contributed by atoms with E-state index in [0.29, 0.717) is 5.56 Å². The monoisotopic (exact) mass is 287 g/mol. The minimum atomic E-state index is 0.0771. The van der Waals surface area contributed by atoms with Crippen LogP contribution < -0.4 is 4.74 Å². The van der Waals surface area contributed by atoms with Crippen molar-refractivity contribution in [3.05, 3.63) is 51.7 Å². The van der Waals surface area contributed by atoms with Crippen molar-refractivity contribution in [2.75, 3.05) is 13.7 Å². The van der Waals surface area contributed by atoms with Crippen LogP contribution in [0.5, 0.6) is 5.75 Å². The van der Waals surface area contributed by atoms with Crippen molar-refractivity contribution in [2.45, 2.75) is 19.4 Å². The van der Waals surface area contributed by atoms with Crippen LogP contribution in [0.3, 0.4) is 0 Å². The van der Waals surface area contributed by atoms with Crippen LogP contribution in [0.15, 0.2) is 35.7 Å². The van der Waals surface area contributed by atoms with Crippen molar-refractivity contribution in [3.8, 4) is 5.75 Å². The van der Waals surface area contributed by atoms with E-state index in [0.717, 1.165) is 18.7 Å². The molecule has 0 radical (unpaired) electrons. The molecule has 3 rings (SSSR count). The van der Waals surface area contributed by atoms with E-state index in [1.807, 2.05) is 23.1 Å². The maximum atomic E-state index is 12.7. The van der Waals surface area contributed by atoms with Crippen molar-refractivity contribution in [2.24, 2.45) is 0 Å². The second kappa shape index (κ2) is 5.29. The van der Waals surface area contributed by atoms with Crippen LogP contribution in [-0.4, -0.2) is 24.5 Å². The summed E-state index contributed by atoms with van der Waals surface area (Å²) in [7, 11) is 1.62. The maximum Gasteiger partial charge on any atom is 0.254 e. The molecule has 1 unspecified atom stereocenters. The maximum absolute atomic E-state index is 12.7. The van der Waals surface area contributed by atoms with Crippen molar-refractivity contribution in [3.63, 3.8) is 0 Å². The van der Waals surface area contributed by atoms with E-state index in [1.54, 1.807) is 24.5 Å². The van der Waals surface area contributed by atoms with Gasteiger partial charge in [-0.2, -0.15) is 0 Å². The third-order valence-electron chi connectivity index (χ3n) is 3.85. The molecule has 1 aliphatic rings. The smallest absolute Gasteiger partial charge is 0.254 e. The summed E-state index contributed by atoms with van der Waals surface area (Å²) in [6.45, 7) is 2.88. The number of amides is 1. The number of rotatable bonds is 2. The Morgan fingerprint density at radius 3 is 3.05 bits per heavy atom. The van der Waals surface area contributed by atoms with E-state index >= 15 is 0 Å². The summed E-state index contributed by atoms with van der Waals surface area (Å²) >= 11 is 1.79. The second-order valence-electron chi connectivity index (χ2n) is 4.96. The molecule has 1 aromatic carbocycles. The molecule has 0 saturated heterocycles. The van der Waals surface area contributed by atoms with Crippen LogP contribution in [0.2, 0.25) is 0 Å². The highest BCUT2D eigenvalue weighted by molar-refractivity contribution is 7.10. The summed E-state index contributed by atoms with van der Waals surface area (Å²) < 4.78 is 5.19. The minimum Gasteiger partial charge on any atom is -0.497 e. The van der Waals surface area contributed by atoms with E-state index in [4.69, 9.17) is 4.74 Å². The van der Waals surface area contributed by atoms with Crippen molar-refractivity contribution >= 4 is 17.2 Å². The first-order chi connectivity index (χ1) is 9.70. The van der Waals surface area contributed by atoms with Gasteiger partial charge in [-0.15, -0.1) is 11.3 Å². The Kier molecular flexibility index (Phi) is 3.49. The van der Waals surface area contributed by atoms with Gasteiger partial charge in [-0.05, 0) is 48.6 Å². The summed E-state index contributed by atoms with van der Waals surface area (Å²) in [6.07, 6.45) is 0.951. The van der Waals surface area contributed by atoms with E-state index in [2.05, 4.69) is 18.4 Å². The fourth-order valence-corrected chi connectivity index (χ4v) is 3.67.